The van der Waals surface area contributed by atoms with Crippen molar-refractivity contribution in [2.45, 2.75) is 12.3 Å². The molecule has 74 valence electrons. The van der Waals surface area contributed by atoms with Gasteiger partial charge >= 0.3 is 0 Å². The van der Waals surface area contributed by atoms with Crippen molar-refractivity contribution in [2.24, 2.45) is 11.7 Å². The van der Waals surface area contributed by atoms with Crippen LogP contribution >= 0.6 is 11.6 Å². The minimum absolute atomic E-state index is 0.124. The fourth-order valence-corrected chi connectivity index (χ4v) is 2.00. The Hall–Kier alpha value is -1.09. The molecule has 1 fully saturated rings. The minimum Gasteiger partial charge on any atom is -0.369 e. The summed E-state index contributed by atoms with van der Waals surface area (Å²) in [5.41, 5.74) is 5.55. The summed E-state index contributed by atoms with van der Waals surface area (Å²) >= 11 is 5.84. The molecule has 2 atom stereocenters. The van der Waals surface area contributed by atoms with Gasteiger partial charge in [-0.25, -0.2) is 4.39 Å². The van der Waals surface area contributed by atoms with Gasteiger partial charge in [0.1, 0.15) is 5.82 Å². The van der Waals surface area contributed by atoms with Crippen molar-refractivity contribution in [1.29, 1.82) is 0 Å². The molecule has 1 aromatic rings. The van der Waals surface area contributed by atoms with E-state index in [1.807, 2.05) is 0 Å². The highest BCUT2D eigenvalue weighted by molar-refractivity contribution is 6.31. The number of primary amides is 1. The summed E-state index contributed by atoms with van der Waals surface area (Å²) in [6.07, 6.45) is 0.607. The second-order valence-electron chi connectivity index (χ2n) is 3.49. The van der Waals surface area contributed by atoms with E-state index < -0.39 is 0 Å². The number of rotatable bonds is 2. The average Bonchev–Trinajstić information content (AvgIpc) is 2.83. The summed E-state index contributed by atoms with van der Waals surface area (Å²) in [6.45, 7) is 0. The smallest absolute Gasteiger partial charge is 0.221 e. The molecule has 4 heteroatoms. The summed E-state index contributed by atoms with van der Waals surface area (Å²) < 4.78 is 13.3. The van der Waals surface area contributed by atoms with Gasteiger partial charge in [0.05, 0.1) is 0 Å². The number of benzene rings is 1. The number of nitrogens with two attached hydrogens (primary N) is 1. The Balaban J connectivity index is 2.31. The summed E-state index contributed by atoms with van der Waals surface area (Å²) in [7, 11) is 0. The van der Waals surface area contributed by atoms with Gasteiger partial charge in [-0.2, -0.15) is 0 Å². The van der Waals surface area contributed by atoms with Crippen LogP contribution in [0.3, 0.4) is 0 Å². The highest BCUT2D eigenvalue weighted by Gasteiger charge is 2.45. The highest BCUT2D eigenvalue weighted by atomic mass is 35.5. The molecule has 0 spiro atoms. The Bertz CT molecular complexity index is 373. The van der Waals surface area contributed by atoms with Crippen LogP contribution in [-0.4, -0.2) is 5.91 Å². The minimum atomic E-state index is -0.380. The average molecular weight is 214 g/mol. The quantitative estimate of drug-likeness (QED) is 0.803. The molecule has 0 radical (unpaired) electrons. The number of hydrogen-bond donors (Lipinski definition) is 1. The number of halogens is 2. The van der Waals surface area contributed by atoms with Crippen LogP contribution in [0.25, 0.3) is 0 Å². The van der Waals surface area contributed by atoms with Gasteiger partial charge in [-0.3, -0.25) is 4.79 Å². The van der Waals surface area contributed by atoms with E-state index in [2.05, 4.69) is 0 Å². The van der Waals surface area contributed by atoms with Crippen molar-refractivity contribution < 1.29 is 9.18 Å². The molecular weight excluding hydrogens is 205 g/mol. The fraction of sp³-hybridized carbons (Fsp3) is 0.300. The molecule has 0 bridgehead atoms. The third kappa shape index (κ3) is 1.48. The fourth-order valence-electron chi connectivity index (χ4n) is 1.69. The zero-order chi connectivity index (χ0) is 10.3. The Morgan fingerprint density at radius 1 is 1.57 bits per heavy atom. The van der Waals surface area contributed by atoms with Crippen molar-refractivity contribution in [3.8, 4) is 0 Å². The van der Waals surface area contributed by atoms with Gasteiger partial charge in [0.15, 0.2) is 0 Å². The first-order valence-electron chi connectivity index (χ1n) is 4.34. The van der Waals surface area contributed by atoms with Gasteiger partial charge in [-0.1, -0.05) is 17.7 Å². The van der Waals surface area contributed by atoms with Crippen LogP contribution in [0.15, 0.2) is 18.2 Å². The lowest BCUT2D eigenvalue weighted by Crippen LogP contribution is -2.13. The zero-order valence-electron chi connectivity index (χ0n) is 7.34. The van der Waals surface area contributed by atoms with Crippen LogP contribution in [0.4, 0.5) is 4.39 Å². The van der Waals surface area contributed by atoms with Gasteiger partial charge in [0.2, 0.25) is 5.91 Å². The van der Waals surface area contributed by atoms with Gasteiger partial charge in [0.25, 0.3) is 0 Å². The second kappa shape index (κ2) is 3.24. The standard InChI is InChI=1S/C10H9ClFNO/c11-7-2-1-3-8(12)9(7)5-4-6(5)10(13)14/h1-3,5-6H,4H2,(H2,13,14). The summed E-state index contributed by atoms with van der Waals surface area (Å²) in [5.74, 6) is -1.11. The van der Waals surface area contributed by atoms with E-state index in [4.69, 9.17) is 17.3 Å². The van der Waals surface area contributed by atoms with Crippen molar-refractivity contribution in [3.63, 3.8) is 0 Å². The molecule has 2 unspecified atom stereocenters. The highest BCUT2D eigenvalue weighted by Crippen LogP contribution is 2.50. The molecule has 2 N–H and O–H groups in total. The molecule has 1 aliphatic carbocycles. The van der Waals surface area contributed by atoms with Crippen LogP contribution in [0.2, 0.25) is 5.02 Å². The zero-order valence-corrected chi connectivity index (χ0v) is 8.09. The molecule has 0 aromatic heterocycles. The molecule has 1 aromatic carbocycles. The number of amides is 1. The Kier molecular flexibility index (Phi) is 2.19. The van der Waals surface area contributed by atoms with Gasteiger partial charge in [0, 0.05) is 22.4 Å². The maximum Gasteiger partial charge on any atom is 0.221 e. The van der Waals surface area contributed by atoms with Gasteiger partial charge < -0.3 is 5.73 Å². The molecular formula is C10H9ClFNO. The van der Waals surface area contributed by atoms with Crippen LogP contribution in [0.1, 0.15) is 17.9 Å². The lowest BCUT2D eigenvalue weighted by atomic mass is 10.1. The normalized spacial score (nSPS) is 24.7. The second-order valence-corrected chi connectivity index (χ2v) is 3.89. The molecule has 1 amide bonds. The van der Waals surface area contributed by atoms with Gasteiger partial charge in [-0.05, 0) is 18.6 Å². The van der Waals surface area contributed by atoms with Gasteiger partial charge in [-0.15, -0.1) is 0 Å². The third-order valence-corrected chi connectivity index (χ3v) is 2.86. The Labute approximate surface area is 85.9 Å². The summed E-state index contributed by atoms with van der Waals surface area (Å²) in [6, 6.07) is 4.51. The third-order valence-electron chi connectivity index (χ3n) is 2.53. The monoisotopic (exact) mass is 213 g/mol. The molecule has 2 rings (SSSR count). The predicted octanol–water partition coefficient (Wildman–Crippen LogP) is 2.07. The van der Waals surface area contributed by atoms with E-state index in [1.165, 1.54) is 6.07 Å². The Morgan fingerprint density at radius 2 is 2.29 bits per heavy atom. The molecule has 0 heterocycles. The van der Waals surface area contributed by atoms with E-state index in [-0.39, 0.29) is 23.6 Å². The van der Waals surface area contributed by atoms with Crippen molar-refractivity contribution in [1.82, 2.24) is 0 Å². The molecule has 0 saturated heterocycles. The molecule has 0 aliphatic heterocycles. The van der Waals surface area contributed by atoms with E-state index in [9.17, 15) is 9.18 Å². The summed E-state index contributed by atoms with van der Waals surface area (Å²) in [5, 5.41) is 0.374. The van der Waals surface area contributed by atoms with Crippen molar-refractivity contribution in [3.05, 3.63) is 34.6 Å². The van der Waals surface area contributed by atoms with E-state index in [0.29, 0.717) is 17.0 Å². The van der Waals surface area contributed by atoms with Crippen LogP contribution in [-0.2, 0) is 4.79 Å². The van der Waals surface area contributed by atoms with Crippen LogP contribution in [0.5, 0.6) is 0 Å². The number of carbonyl (C=O) groups excluding carboxylic acids is 1. The maximum atomic E-state index is 13.3. The first-order chi connectivity index (χ1) is 6.61. The molecule has 1 saturated carbocycles. The lowest BCUT2D eigenvalue weighted by molar-refractivity contribution is -0.119. The van der Waals surface area contributed by atoms with E-state index >= 15 is 0 Å². The Morgan fingerprint density at radius 3 is 2.79 bits per heavy atom. The van der Waals surface area contributed by atoms with E-state index in [1.54, 1.807) is 12.1 Å². The molecule has 1 aliphatic rings. The van der Waals surface area contributed by atoms with Crippen LogP contribution < -0.4 is 5.73 Å². The van der Waals surface area contributed by atoms with E-state index in [0.717, 1.165) is 0 Å². The first kappa shape index (κ1) is 9.46. The summed E-state index contributed by atoms with van der Waals surface area (Å²) in [4.78, 5) is 10.8. The molecule has 2 nitrogen and oxygen atoms in total. The SMILES string of the molecule is NC(=O)C1CC1c1c(F)cccc1Cl. The number of hydrogen-bond acceptors (Lipinski definition) is 1. The molecule has 14 heavy (non-hydrogen) atoms. The predicted molar refractivity (Wildman–Crippen MR) is 51.5 cm³/mol. The maximum absolute atomic E-state index is 13.3. The topological polar surface area (TPSA) is 43.1 Å². The largest absolute Gasteiger partial charge is 0.369 e. The number of carbonyl (C=O) groups is 1. The van der Waals surface area contributed by atoms with Crippen LogP contribution in [0, 0.1) is 11.7 Å². The lowest BCUT2D eigenvalue weighted by Gasteiger charge is -2.03. The first-order valence-corrected chi connectivity index (χ1v) is 4.72. The van der Waals surface area contributed by atoms with Crippen molar-refractivity contribution >= 4 is 17.5 Å². The van der Waals surface area contributed by atoms with Crippen molar-refractivity contribution in [2.75, 3.05) is 0 Å².